The second kappa shape index (κ2) is 8.57. The minimum Gasteiger partial charge on any atom is -0.508 e. The Morgan fingerprint density at radius 3 is 2.03 bits per heavy atom. The average molecular weight is 408 g/mol. The summed E-state index contributed by atoms with van der Waals surface area (Å²) in [7, 11) is 0. The zero-order valence-electron chi connectivity index (χ0n) is 17.9. The fourth-order valence-electron chi connectivity index (χ4n) is 3.42. The third kappa shape index (κ3) is 4.30. The number of hydrogen-bond donors (Lipinski definition) is 4. The van der Waals surface area contributed by atoms with Crippen LogP contribution in [0.2, 0.25) is 0 Å². The maximum Gasteiger partial charge on any atom is 0.172 e. The van der Waals surface area contributed by atoms with E-state index in [4.69, 9.17) is 10.5 Å². The van der Waals surface area contributed by atoms with Gasteiger partial charge in [-0.3, -0.25) is 0 Å². The van der Waals surface area contributed by atoms with Crippen LogP contribution in [0.4, 0.5) is 5.69 Å². The highest BCUT2D eigenvalue weighted by Crippen LogP contribution is 2.48. The molecule has 5 heteroatoms. The zero-order chi connectivity index (χ0) is 22.0. The minimum absolute atomic E-state index is 0.0228. The van der Waals surface area contributed by atoms with E-state index >= 15 is 0 Å². The number of anilines is 1. The minimum atomic E-state index is -0.0381. The van der Waals surface area contributed by atoms with Crippen molar-refractivity contribution < 1.29 is 20.1 Å². The number of phenolic OH excluding ortho intramolecular Hbond substituents is 2. The van der Waals surface area contributed by atoms with Crippen molar-refractivity contribution in [1.29, 1.82) is 0 Å². The number of benzene rings is 2. The lowest BCUT2D eigenvalue weighted by Gasteiger charge is -2.26. The number of aliphatic hydroxyl groups excluding tert-OH is 1. The first-order valence-corrected chi connectivity index (χ1v) is 10.00. The molecule has 5 N–H and O–H groups in total. The van der Waals surface area contributed by atoms with Crippen LogP contribution in [0.5, 0.6) is 17.2 Å². The van der Waals surface area contributed by atoms with Crippen molar-refractivity contribution in [1.82, 2.24) is 0 Å². The molecule has 0 atom stereocenters. The normalized spacial score (nSPS) is 12.8. The van der Waals surface area contributed by atoms with E-state index in [-0.39, 0.29) is 23.7 Å². The molecule has 0 saturated heterocycles. The predicted octanol–water partition coefficient (Wildman–Crippen LogP) is 5.56. The van der Waals surface area contributed by atoms with Crippen molar-refractivity contribution in [2.75, 3.05) is 5.73 Å². The number of rotatable bonds is 5. The number of fused-ring (bicyclic) bond motifs is 1. The summed E-state index contributed by atoms with van der Waals surface area (Å²) in [6.45, 7) is 7.90. The van der Waals surface area contributed by atoms with Crippen molar-refractivity contribution in [3.63, 3.8) is 0 Å². The number of allylic oxidation sites excluding steroid dienone is 5. The molecule has 1 aliphatic heterocycles. The maximum atomic E-state index is 11.0. The molecule has 1 heterocycles. The topological polar surface area (TPSA) is 95.9 Å². The van der Waals surface area contributed by atoms with Gasteiger partial charge in [0.2, 0.25) is 0 Å². The van der Waals surface area contributed by atoms with Crippen LogP contribution in [0, 0.1) is 0 Å². The van der Waals surface area contributed by atoms with Crippen LogP contribution in [-0.4, -0.2) is 15.3 Å². The van der Waals surface area contributed by atoms with E-state index in [0.29, 0.717) is 52.3 Å². The summed E-state index contributed by atoms with van der Waals surface area (Å²) in [5.74, 6) is 0.711. The van der Waals surface area contributed by atoms with Gasteiger partial charge in [-0.25, -0.2) is 0 Å². The molecule has 30 heavy (non-hydrogen) atoms. The van der Waals surface area contributed by atoms with E-state index in [1.165, 1.54) is 0 Å². The number of aromatic hydroxyl groups is 2. The first-order valence-electron chi connectivity index (χ1n) is 10.00. The second-order valence-corrected chi connectivity index (χ2v) is 8.11. The Kier molecular flexibility index (Phi) is 6.11. The van der Waals surface area contributed by atoms with Gasteiger partial charge in [0.15, 0.2) is 5.76 Å². The van der Waals surface area contributed by atoms with Crippen molar-refractivity contribution in [3.05, 3.63) is 75.6 Å². The van der Waals surface area contributed by atoms with Gasteiger partial charge in [0.25, 0.3) is 0 Å². The Labute approximate surface area is 177 Å². The number of aliphatic hydroxyl groups is 1. The Morgan fingerprint density at radius 1 is 0.900 bits per heavy atom. The maximum absolute atomic E-state index is 11.0. The molecule has 0 spiro atoms. The fourth-order valence-corrected chi connectivity index (χ4v) is 3.42. The first-order chi connectivity index (χ1) is 14.2. The number of ether oxygens (including phenoxy) is 1. The molecule has 5 nitrogen and oxygen atoms in total. The molecule has 2 aromatic rings. The lowest BCUT2D eigenvalue weighted by molar-refractivity contribution is 0.346. The number of nitrogen functional groups attached to an aromatic ring is 1. The van der Waals surface area contributed by atoms with E-state index in [1.807, 2.05) is 39.8 Å². The van der Waals surface area contributed by atoms with Gasteiger partial charge < -0.3 is 25.8 Å². The summed E-state index contributed by atoms with van der Waals surface area (Å²) in [5.41, 5.74) is 10.8. The van der Waals surface area contributed by atoms with Gasteiger partial charge in [0.05, 0.1) is 0 Å². The highest BCUT2D eigenvalue weighted by Gasteiger charge is 2.30. The molecule has 0 aliphatic carbocycles. The lowest BCUT2D eigenvalue weighted by atomic mass is 9.92. The fraction of sp³-hybridized carbons (Fsp3) is 0.280. The van der Waals surface area contributed by atoms with Gasteiger partial charge in [0, 0.05) is 34.4 Å². The monoisotopic (exact) mass is 407 g/mol. The predicted molar refractivity (Wildman–Crippen MR) is 121 cm³/mol. The van der Waals surface area contributed by atoms with Gasteiger partial charge in [-0.2, -0.15) is 0 Å². The summed E-state index contributed by atoms with van der Waals surface area (Å²) in [6.07, 6.45) is 4.91. The summed E-state index contributed by atoms with van der Waals surface area (Å²) in [4.78, 5) is 0. The Bertz CT molecular complexity index is 1050. The van der Waals surface area contributed by atoms with Crippen LogP contribution in [0.25, 0.3) is 5.76 Å². The molecule has 0 fully saturated rings. The summed E-state index contributed by atoms with van der Waals surface area (Å²) in [6, 6.07) is 7.00. The van der Waals surface area contributed by atoms with Crippen LogP contribution in [0.3, 0.4) is 0 Å². The standard InChI is InChI=1S/C25H29NO4/c1-14(2)5-11-18-22(28)19(12-6-15(3)4)25-20(23(18)29)13-21(27)24(30-25)16-7-9-17(26)10-8-16/h5-10,27-29H,11-13,26H2,1-4H3. The van der Waals surface area contributed by atoms with E-state index in [9.17, 15) is 15.3 Å². The van der Waals surface area contributed by atoms with Crippen LogP contribution < -0.4 is 10.5 Å². The third-order valence-electron chi connectivity index (χ3n) is 5.10. The molecule has 0 bridgehead atoms. The van der Waals surface area contributed by atoms with Crippen LogP contribution in [0.15, 0.2) is 53.3 Å². The quantitative estimate of drug-likeness (QED) is 0.384. The molecular weight excluding hydrogens is 378 g/mol. The molecule has 2 aromatic carbocycles. The molecule has 1 aliphatic rings. The van der Waals surface area contributed by atoms with Crippen LogP contribution in [-0.2, 0) is 19.3 Å². The largest absolute Gasteiger partial charge is 0.508 e. The van der Waals surface area contributed by atoms with Crippen molar-refractivity contribution in [3.8, 4) is 17.2 Å². The van der Waals surface area contributed by atoms with Crippen molar-refractivity contribution >= 4 is 11.4 Å². The third-order valence-corrected chi connectivity index (χ3v) is 5.10. The SMILES string of the molecule is CC(C)=CCc1c(O)c(CC=C(C)C)c2c(c1O)CC(O)=C(c1ccc(N)cc1)O2. The van der Waals surface area contributed by atoms with Gasteiger partial charge in [-0.05, 0) is 64.8 Å². The molecule has 0 saturated carbocycles. The van der Waals surface area contributed by atoms with Gasteiger partial charge in [-0.1, -0.05) is 23.3 Å². The van der Waals surface area contributed by atoms with Gasteiger partial charge in [0.1, 0.15) is 23.0 Å². The molecule has 0 unspecified atom stereocenters. The molecule has 0 aromatic heterocycles. The molecule has 158 valence electrons. The van der Waals surface area contributed by atoms with Crippen LogP contribution in [0.1, 0.15) is 49.9 Å². The summed E-state index contributed by atoms with van der Waals surface area (Å²) in [5, 5.41) is 32.6. The summed E-state index contributed by atoms with van der Waals surface area (Å²) < 4.78 is 6.10. The second-order valence-electron chi connectivity index (χ2n) is 8.11. The van der Waals surface area contributed by atoms with E-state index in [2.05, 4.69) is 0 Å². The number of nitrogens with two attached hydrogens (primary N) is 1. The zero-order valence-corrected chi connectivity index (χ0v) is 17.9. The average Bonchev–Trinajstić information content (AvgIpc) is 2.68. The van der Waals surface area contributed by atoms with E-state index < -0.39 is 0 Å². The van der Waals surface area contributed by atoms with Crippen molar-refractivity contribution in [2.45, 2.75) is 47.0 Å². The Balaban J connectivity index is 2.16. The smallest absolute Gasteiger partial charge is 0.172 e. The van der Waals surface area contributed by atoms with Gasteiger partial charge >= 0.3 is 0 Å². The molecule has 0 radical (unpaired) electrons. The highest BCUT2D eigenvalue weighted by atomic mass is 16.5. The van der Waals surface area contributed by atoms with E-state index in [1.54, 1.807) is 24.3 Å². The number of hydrogen-bond acceptors (Lipinski definition) is 5. The number of phenols is 2. The van der Waals surface area contributed by atoms with Gasteiger partial charge in [-0.15, -0.1) is 0 Å². The van der Waals surface area contributed by atoms with Crippen LogP contribution >= 0.6 is 0 Å². The Morgan fingerprint density at radius 2 is 1.47 bits per heavy atom. The first kappa shape index (κ1) is 21.4. The highest BCUT2D eigenvalue weighted by molar-refractivity contribution is 5.73. The molecule has 3 rings (SSSR count). The van der Waals surface area contributed by atoms with E-state index in [0.717, 1.165) is 11.1 Å². The lowest BCUT2D eigenvalue weighted by Crippen LogP contribution is -2.13. The Hall–Kier alpha value is -3.34. The summed E-state index contributed by atoms with van der Waals surface area (Å²) >= 11 is 0. The molecular formula is C25H29NO4. The van der Waals surface area contributed by atoms with Crippen molar-refractivity contribution in [2.24, 2.45) is 0 Å². The molecule has 0 amide bonds.